The molecule has 0 radical (unpaired) electrons. The highest BCUT2D eigenvalue weighted by Crippen LogP contribution is 2.33. The predicted octanol–water partition coefficient (Wildman–Crippen LogP) is 5.05. The first-order valence-electron chi connectivity index (χ1n) is 11.1. The summed E-state index contributed by atoms with van der Waals surface area (Å²) >= 11 is 1.56. The summed E-state index contributed by atoms with van der Waals surface area (Å²) in [5, 5.41) is 6.80. The molecule has 1 aliphatic rings. The van der Waals surface area contributed by atoms with Gasteiger partial charge in [-0.1, -0.05) is 42.0 Å². The monoisotopic (exact) mass is 473 g/mol. The van der Waals surface area contributed by atoms with Gasteiger partial charge in [0.1, 0.15) is 11.8 Å². The van der Waals surface area contributed by atoms with Gasteiger partial charge in [0.15, 0.2) is 6.61 Å². The van der Waals surface area contributed by atoms with Gasteiger partial charge in [-0.25, -0.2) is 9.99 Å². The Balaban J connectivity index is 1.22. The molecule has 1 unspecified atom stereocenters. The van der Waals surface area contributed by atoms with Crippen molar-refractivity contribution in [2.24, 2.45) is 5.10 Å². The first kappa shape index (κ1) is 22.0. The maximum Gasteiger partial charge on any atom is 0.306 e. The molecule has 172 valence electrons. The third-order valence-corrected chi connectivity index (χ3v) is 6.76. The van der Waals surface area contributed by atoms with Crippen molar-refractivity contribution in [3.63, 3.8) is 0 Å². The van der Waals surface area contributed by atoms with Gasteiger partial charge in [-0.05, 0) is 36.8 Å². The minimum Gasteiger partial charge on any atom is -0.467 e. The van der Waals surface area contributed by atoms with Crippen molar-refractivity contribution in [3.8, 4) is 0 Å². The average molecular weight is 474 g/mol. The molecule has 0 spiro atoms. The molecule has 1 atom stereocenters. The van der Waals surface area contributed by atoms with Crippen LogP contribution in [0.3, 0.4) is 0 Å². The van der Waals surface area contributed by atoms with E-state index in [-0.39, 0.29) is 19.1 Å². The summed E-state index contributed by atoms with van der Waals surface area (Å²) in [6.07, 6.45) is 2.73. The van der Waals surface area contributed by atoms with E-state index in [0.29, 0.717) is 18.6 Å². The molecular weight excluding hydrogens is 450 g/mol. The summed E-state index contributed by atoms with van der Waals surface area (Å²) in [5.74, 6) is -0.192. The van der Waals surface area contributed by atoms with Crippen molar-refractivity contribution in [1.29, 1.82) is 0 Å². The van der Waals surface area contributed by atoms with Crippen LogP contribution in [0.1, 0.15) is 40.8 Å². The fraction of sp³-hybridized carbons (Fsp3) is 0.231. The first-order valence-corrected chi connectivity index (χ1v) is 11.9. The van der Waals surface area contributed by atoms with Crippen LogP contribution < -0.4 is 0 Å². The van der Waals surface area contributed by atoms with E-state index >= 15 is 0 Å². The maximum absolute atomic E-state index is 13.0. The summed E-state index contributed by atoms with van der Waals surface area (Å²) in [6, 6.07) is 19.1. The quantitative estimate of drug-likeness (QED) is 0.351. The predicted molar refractivity (Wildman–Crippen MR) is 130 cm³/mol. The number of rotatable bonds is 7. The summed E-state index contributed by atoms with van der Waals surface area (Å²) in [4.78, 5) is 29.8. The second kappa shape index (κ2) is 9.61. The SMILES string of the molecule is Cc1ccc(C2=NN(C(=O)COC(=O)CCc3nc4ccccc4s3)C(c3ccco3)C2)cc1. The first-order chi connectivity index (χ1) is 16.6. The molecule has 4 aromatic rings. The molecule has 1 amide bonds. The van der Waals surface area contributed by atoms with Crippen LogP contribution in [0.25, 0.3) is 10.2 Å². The van der Waals surface area contributed by atoms with Crippen LogP contribution in [0.5, 0.6) is 0 Å². The molecule has 5 rings (SSSR count). The normalized spacial score (nSPS) is 15.5. The number of hydrazone groups is 1. The Morgan fingerprint density at radius 3 is 2.71 bits per heavy atom. The van der Waals surface area contributed by atoms with E-state index in [2.05, 4.69) is 10.1 Å². The summed E-state index contributed by atoms with van der Waals surface area (Å²) in [5.41, 5.74) is 3.81. The Bertz CT molecular complexity index is 1310. The van der Waals surface area contributed by atoms with E-state index in [4.69, 9.17) is 9.15 Å². The zero-order valence-corrected chi connectivity index (χ0v) is 19.5. The van der Waals surface area contributed by atoms with Crippen molar-refractivity contribution < 1.29 is 18.7 Å². The van der Waals surface area contributed by atoms with Gasteiger partial charge in [-0.3, -0.25) is 9.59 Å². The number of benzene rings is 2. The second-order valence-electron chi connectivity index (χ2n) is 8.12. The average Bonchev–Trinajstić information content (AvgIpc) is 3.60. The number of hydrogen-bond donors (Lipinski definition) is 0. The number of carbonyl (C=O) groups excluding carboxylic acids is 2. The molecule has 1 aliphatic heterocycles. The van der Waals surface area contributed by atoms with Crippen molar-refractivity contribution >= 4 is 39.1 Å². The molecule has 2 aromatic carbocycles. The van der Waals surface area contributed by atoms with Gasteiger partial charge in [-0.2, -0.15) is 5.10 Å². The minimum absolute atomic E-state index is 0.159. The highest BCUT2D eigenvalue weighted by Gasteiger charge is 2.35. The molecule has 0 aliphatic carbocycles. The second-order valence-corrected chi connectivity index (χ2v) is 9.24. The Kier molecular flexibility index (Phi) is 6.22. The molecule has 0 fully saturated rings. The molecule has 0 saturated heterocycles. The molecule has 8 heteroatoms. The van der Waals surface area contributed by atoms with Crippen LogP contribution in [-0.4, -0.2) is 34.2 Å². The Labute approximate surface area is 200 Å². The molecule has 3 heterocycles. The number of nitrogens with zero attached hydrogens (tertiary/aromatic N) is 3. The van der Waals surface area contributed by atoms with E-state index in [1.807, 2.05) is 61.5 Å². The molecular formula is C26H23N3O4S. The number of para-hydroxylation sites is 1. The highest BCUT2D eigenvalue weighted by molar-refractivity contribution is 7.18. The van der Waals surface area contributed by atoms with Crippen LogP contribution in [0.15, 0.2) is 76.4 Å². The summed E-state index contributed by atoms with van der Waals surface area (Å²) in [6.45, 7) is 1.65. The zero-order valence-electron chi connectivity index (χ0n) is 18.6. The lowest BCUT2D eigenvalue weighted by Crippen LogP contribution is -2.31. The molecule has 0 bridgehead atoms. The topological polar surface area (TPSA) is 85.0 Å². The number of fused-ring (bicyclic) bond motifs is 1. The lowest BCUT2D eigenvalue weighted by Gasteiger charge is -2.19. The standard InChI is InChI=1S/C26H23N3O4S/c1-17-8-10-18(11-9-17)20-15-21(22-6-4-14-32-22)29(28-20)25(30)16-33-26(31)13-12-24-27-19-5-2-3-7-23(19)34-24/h2-11,14,21H,12-13,15-16H2,1H3. The number of ether oxygens (including phenoxy) is 1. The summed E-state index contributed by atoms with van der Waals surface area (Å²) in [7, 11) is 0. The van der Waals surface area contributed by atoms with Gasteiger partial charge in [-0.15, -0.1) is 11.3 Å². The van der Waals surface area contributed by atoms with E-state index < -0.39 is 11.9 Å². The number of furan rings is 1. The largest absolute Gasteiger partial charge is 0.467 e. The van der Waals surface area contributed by atoms with Gasteiger partial charge >= 0.3 is 5.97 Å². The molecule has 34 heavy (non-hydrogen) atoms. The Hall–Kier alpha value is -3.78. The summed E-state index contributed by atoms with van der Waals surface area (Å²) < 4.78 is 11.9. The number of esters is 1. The van der Waals surface area contributed by atoms with Crippen LogP contribution in [0, 0.1) is 6.92 Å². The molecule has 7 nitrogen and oxygen atoms in total. The number of aromatic nitrogens is 1. The molecule has 0 saturated carbocycles. The van der Waals surface area contributed by atoms with Crippen molar-refractivity contribution in [2.45, 2.75) is 32.2 Å². The number of thiazole rings is 1. The van der Waals surface area contributed by atoms with Gasteiger partial charge in [0.05, 0.1) is 33.6 Å². The van der Waals surface area contributed by atoms with Crippen LogP contribution in [0.2, 0.25) is 0 Å². The fourth-order valence-electron chi connectivity index (χ4n) is 3.88. The number of aryl methyl sites for hydroxylation is 2. The van der Waals surface area contributed by atoms with Crippen molar-refractivity contribution in [1.82, 2.24) is 9.99 Å². The lowest BCUT2D eigenvalue weighted by atomic mass is 10.0. The minimum atomic E-state index is -0.441. The van der Waals surface area contributed by atoms with Gasteiger partial charge in [0, 0.05) is 12.8 Å². The van der Waals surface area contributed by atoms with E-state index in [1.54, 1.807) is 23.7 Å². The Morgan fingerprint density at radius 2 is 1.94 bits per heavy atom. The van der Waals surface area contributed by atoms with Gasteiger partial charge in [0.2, 0.25) is 0 Å². The lowest BCUT2D eigenvalue weighted by molar-refractivity contribution is -0.152. The third kappa shape index (κ3) is 4.77. The van der Waals surface area contributed by atoms with Crippen LogP contribution in [-0.2, 0) is 20.7 Å². The van der Waals surface area contributed by atoms with Crippen LogP contribution in [0.4, 0.5) is 0 Å². The number of amides is 1. The zero-order chi connectivity index (χ0) is 23.5. The fourth-order valence-corrected chi connectivity index (χ4v) is 4.85. The maximum atomic E-state index is 13.0. The van der Waals surface area contributed by atoms with Crippen molar-refractivity contribution in [3.05, 3.63) is 88.8 Å². The van der Waals surface area contributed by atoms with Gasteiger partial charge < -0.3 is 9.15 Å². The van der Waals surface area contributed by atoms with Crippen molar-refractivity contribution in [2.75, 3.05) is 6.61 Å². The van der Waals surface area contributed by atoms with E-state index in [0.717, 1.165) is 32.1 Å². The number of carbonyl (C=O) groups is 2. The molecule has 2 aromatic heterocycles. The molecule has 0 N–H and O–H groups in total. The number of hydrogen-bond acceptors (Lipinski definition) is 7. The highest BCUT2D eigenvalue weighted by atomic mass is 32.1. The smallest absolute Gasteiger partial charge is 0.306 e. The van der Waals surface area contributed by atoms with Crippen LogP contribution >= 0.6 is 11.3 Å². The third-order valence-electron chi connectivity index (χ3n) is 5.66. The van der Waals surface area contributed by atoms with E-state index in [1.165, 1.54) is 5.01 Å². The van der Waals surface area contributed by atoms with E-state index in [9.17, 15) is 9.59 Å². The Morgan fingerprint density at radius 1 is 1.12 bits per heavy atom. The van der Waals surface area contributed by atoms with Gasteiger partial charge in [0.25, 0.3) is 5.91 Å².